The summed E-state index contributed by atoms with van der Waals surface area (Å²) in [7, 11) is 0. The van der Waals surface area contributed by atoms with Crippen LogP contribution in [0.4, 0.5) is 0 Å². The zero-order valence-corrected chi connectivity index (χ0v) is 17.0. The van der Waals surface area contributed by atoms with E-state index in [0.717, 1.165) is 11.1 Å². The molecular formula is C24H22N2O3S. The fraction of sp³-hybridized carbons (Fsp3) is 0.0833. The summed E-state index contributed by atoms with van der Waals surface area (Å²) >= 11 is 4.99. The van der Waals surface area contributed by atoms with Gasteiger partial charge in [0, 0.05) is 11.6 Å². The minimum absolute atomic E-state index is 0.203. The lowest BCUT2D eigenvalue weighted by molar-refractivity contribution is -0.117. The molecule has 152 valence electrons. The van der Waals surface area contributed by atoms with Crippen LogP contribution in [0.25, 0.3) is 6.08 Å². The number of amides is 1. The molecule has 5 nitrogen and oxygen atoms in total. The highest BCUT2D eigenvalue weighted by Crippen LogP contribution is 2.18. The zero-order chi connectivity index (χ0) is 21.2. The van der Waals surface area contributed by atoms with Gasteiger partial charge in [0.05, 0.1) is 6.04 Å². The Morgan fingerprint density at radius 2 is 1.60 bits per heavy atom. The first kappa shape index (κ1) is 21.2. The number of hydroxylamine groups is 1. The van der Waals surface area contributed by atoms with Crippen molar-refractivity contribution in [3.63, 3.8) is 0 Å². The second-order valence-corrected chi connectivity index (χ2v) is 6.90. The molecule has 0 aromatic heterocycles. The van der Waals surface area contributed by atoms with Crippen molar-refractivity contribution in [1.82, 2.24) is 10.8 Å². The highest BCUT2D eigenvalue weighted by molar-refractivity contribution is 7.80. The Morgan fingerprint density at radius 1 is 0.967 bits per heavy atom. The average molecular weight is 419 g/mol. The molecule has 1 atom stereocenters. The van der Waals surface area contributed by atoms with Gasteiger partial charge in [-0.3, -0.25) is 15.5 Å². The predicted molar refractivity (Wildman–Crippen MR) is 121 cm³/mol. The van der Waals surface area contributed by atoms with Crippen LogP contribution in [0.5, 0.6) is 5.75 Å². The van der Waals surface area contributed by atoms with Gasteiger partial charge in [0.1, 0.15) is 17.3 Å². The molecule has 0 aliphatic carbocycles. The Kier molecular flexibility index (Phi) is 7.71. The lowest BCUT2D eigenvalue weighted by Gasteiger charge is -2.19. The van der Waals surface area contributed by atoms with Gasteiger partial charge in [0.2, 0.25) is 5.91 Å². The van der Waals surface area contributed by atoms with E-state index in [2.05, 4.69) is 5.32 Å². The summed E-state index contributed by atoms with van der Waals surface area (Å²) in [4.78, 5) is 12.7. The summed E-state index contributed by atoms with van der Waals surface area (Å²) in [5.41, 5.74) is 4.53. The number of hydrogen-bond acceptors (Lipinski definition) is 4. The number of carbonyl (C=O) groups excluding carboxylic acids is 1. The SMILES string of the molecule is O=C(/C=C/c1ccccc1)N[C@@H](COc1ccc(C(=S)NO)cc1)c1ccccc1. The Bertz CT molecular complexity index is 990. The monoisotopic (exact) mass is 418 g/mol. The summed E-state index contributed by atoms with van der Waals surface area (Å²) in [6, 6.07) is 26.0. The first-order valence-corrected chi connectivity index (χ1v) is 9.82. The Hall–Kier alpha value is -3.48. The number of benzene rings is 3. The molecule has 0 saturated heterocycles. The zero-order valence-electron chi connectivity index (χ0n) is 16.2. The number of carbonyl (C=O) groups is 1. The number of rotatable bonds is 8. The summed E-state index contributed by atoms with van der Waals surface area (Å²) in [6.07, 6.45) is 3.29. The molecule has 30 heavy (non-hydrogen) atoms. The van der Waals surface area contributed by atoms with Crippen molar-refractivity contribution < 1.29 is 14.7 Å². The third kappa shape index (κ3) is 6.27. The molecule has 0 radical (unpaired) electrons. The summed E-state index contributed by atoms with van der Waals surface area (Å²) in [5, 5.41) is 11.9. The van der Waals surface area contributed by atoms with Gasteiger partial charge in [-0.2, -0.15) is 0 Å². The fourth-order valence-electron chi connectivity index (χ4n) is 2.81. The number of hydrogen-bond donors (Lipinski definition) is 3. The highest BCUT2D eigenvalue weighted by Gasteiger charge is 2.14. The van der Waals surface area contributed by atoms with Gasteiger partial charge in [0.25, 0.3) is 0 Å². The van der Waals surface area contributed by atoms with Crippen molar-refractivity contribution in [2.45, 2.75) is 6.04 Å². The Labute approximate surface area is 181 Å². The molecule has 6 heteroatoms. The van der Waals surface area contributed by atoms with Crippen LogP contribution in [0.15, 0.2) is 91.0 Å². The molecule has 3 aromatic carbocycles. The smallest absolute Gasteiger partial charge is 0.244 e. The molecule has 0 unspecified atom stereocenters. The number of nitrogens with one attached hydrogen (secondary N) is 2. The largest absolute Gasteiger partial charge is 0.491 e. The van der Waals surface area contributed by atoms with Gasteiger partial charge in [-0.15, -0.1) is 0 Å². The van der Waals surface area contributed by atoms with Gasteiger partial charge < -0.3 is 10.1 Å². The van der Waals surface area contributed by atoms with Gasteiger partial charge >= 0.3 is 0 Å². The van der Waals surface area contributed by atoms with E-state index < -0.39 is 0 Å². The van der Waals surface area contributed by atoms with E-state index >= 15 is 0 Å². The lowest BCUT2D eigenvalue weighted by atomic mass is 10.1. The average Bonchev–Trinajstić information content (AvgIpc) is 2.81. The number of ether oxygens (including phenoxy) is 1. The summed E-state index contributed by atoms with van der Waals surface area (Å²) in [5.74, 6) is 0.431. The van der Waals surface area contributed by atoms with E-state index in [9.17, 15) is 4.79 Å². The molecule has 1 amide bonds. The van der Waals surface area contributed by atoms with E-state index in [1.165, 1.54) is 6.08 Å². The van der Waals surface area contributed by atoms with Crippen LogP contribution in [-0.4, -0.2) is 22.7 Å². The molecule has 3 aromatic rings. The van der Waals surface area contributed by atoms with Crippen molar-refractivity contribution in [2.75, 3.05) is 6.61 Å². The van der Waals surface area contributed by atoms with E-state index in [4.69, 9.17) is 22.2 Å². The molecule has 0 heterocycles. The van der Waals surface area contributed by atoms with Crippen LogP contribution in [0.1, 0.15) is 22.7 Å². The first-order valence-electron chi connectivity index (χ1n) is 9.41. The van der Waals surface area contributed by atoms with Gasteiger partial charge in [0.15, 0.2) is 0 Å². The fourth-order valence-corrected chi connectivity index (χ4v) is 2.95. The van der Waals surface area contributed by atoms with Crippen LogP contribution < -0.4 is 15.5 Å². The minimum atomic E-state index is -0.320. The second-order valence-electron chi connectivity index (χ2n) is 6.49. The Balaban J connectivity index is 1.66. The molecule has 0 aliphatic heterocycles. The van der Waals surface area contributed by atoms with Crippen LogP contribution in [0.3, 0.4) is 0 Å². The maximum absolute atomic E-state index is 12.5. The molecule has 3 rings (SSSR count). The molecule has 0 saturated carbocycles. The predicted octanol–water partition coefficient (Wildman–Crippen LogP) is 4.29. The van der Waals surface area contributed by atoms with Crippen molar-refractivity contribution in [2.24, 2.45) is 0 Å². The molecule has 0 fully saturated rings. The van der Waals surface area contributed by atoms with Crippen molar-refractivity contribution in [3.8, 4) is 5.75 Å². The highest BCUT2D eigenvalue weighted by atomic mass is 32.1. The standard InChI is InChI=1S/C24H22N2O3S/c27-23(16-11-18-7-3-1-4-8-18)25-22(19-9-5-2-6-10-19)17-29-21-14-12-20(13-15-21)24(30)26-28/h1-16,22,28H,17H2,(H,25,27)(H,26,30)/b16-11+/t22-/m0/s1. The van der Waals surface area contributed by atoms with E-state index in [1.54, 1.807) is 30.3 Å². The maximum Gasteiger partial charge on any atom is 0.244 e. The van der Waals surface area contributed by atoms with E-state index in [-0.39, 0.29) is 23.5 Å². The van der Waals surface area contributed by atoms with Crippen molar-refractivity contribution >= 4 is 29.2 Å². The second kappa shape index (κ2) is 10.9. The van der Waals surface area contributed by atoms with E-state index in [1.807, 2.05) is 66.1 Å². The Morgan fingerprint density at radius 3 is 2.23 bits per heavy atom. The maximum atomic E-state index is 12.5. The van der Waals surface area contributed by atoms with Crippen LogP contribution >= 0.6 is 12.2 Å². The first-order chi connectivity index (χ1) is 14.7. The van der Waals surface area contributed by atoms with Crippen molar-refractivity contribution in [3.05, 3.63) is 108 Å². The summed E-state index contributed by atoms with van der Waals surface area (Å²) < 4.78 is 5.89. The molecule has 3 N–H and O–H groups in total. The van der Waals surface area contributed by atoms with Crippen molar-refractivity contribution in [1.29, 1.82) is 0 Å². The van der Waals surface area contributed by atoms with Gasteiger partial charge in [-0.05, 0) is 41.5 Å². The van der Waals surface area contributed by atoms with Crippen LogP contribution in [0, 0.1) is 0 Å². The van der Waals surface area contributed by atoms with Crippen LogP contribution in [0.2, 0.25) is 0 Å². The molecule has 0 bridgehead atoms. The van der Waals surface area contributed by atoms with Gasteiger partial charge in [-0.1, -0.05) is 72.9 Å². The quantitative estimate of drug-likeness (QED) is 0.289. The normalized spacial score (nSPS) is 11.6. The number of thiocarbonyl (C=S) groups is 1. The minimum Gasteiger partial charge on any atom is -0.491 e. The van der Waals surface area contributed by atoms with Crippen LogP contribution in [-0.2, 0) is 4.79 Å². The lowest BCUT2D eigenvalue weighted by Crippen LogP contribution is -2.31. The molecule has 0 spiro atoms. The topological polar surface area (TPSA) is 70.6 Å². The van der Waals surface area contributed by atoms with E-state index in [0.29, 0.717) is 11.3 Å². The third-order valence-corrected chi connectivity index (χ3v) is 4.71. The molecule has 0 aliphatic rings. The third-order valence-electron chi connectivity index (χ3n) is 4.38. The molecular weight excluding hydrogens is 396 g/mol. The summed E-state index contributed by atoms with van der Waals surface area (Å²) in [6.45, 7) is 0.261. The van der Waals surface area contributed by atoms with Gasteiger partial charge in [-0.25, -0.2) is 0 Å².